The van der Waals surface area contributed by atoms with Crippen molar-refractivity contribution in [2.24, 2.45) is 0 Å². The highest BCUT2D eigenvalue weighted by molar-refractivity contribution is 5.71. The smallest absolute Gasteiger partial charge is 0.306 e. The van der Waals surface area contributed by atoms with Crippen LogP contribution in [0, 0.1) is 0 Å². The van der Waals surface area contributed by atoms with Crippen LogP contribution in [0.5, 0.6) is 0 Å². The maximum atomic E-state index is 12.7. The molecule has 0 aliphatic carbocycles. The zero-order valence-corrected chi connectivity index (χ0v) is 42.1. The molecular formula is C57H104O6. The van der Waals surface area contributed by atoms with E-state index < -0.39 is 6.10 Å². The number of rotatable bonds is 50. The van der Waals surface area contributed by atoms with Crippen molar-refractivity contribution in [1.82, 2.24) is 0 Å². The Bertz CT molecular complexity index is 1060. The van der Waals surface area contributed by atoms with Gasteiger partial charge >= 0.3 is 17.9 Å². The lowest BCUT2D eigenvalue weighted by Crippen LogP contribution is -2.30. The summed E-state index contributed by atoms with van der Waals surface area (Å²) in [7, 11) is 0. The Morgan fingerprint density at radius 1 is 0.317 bits per heavy atom. The molecule has 0 aromatic heterocycles. The van der Waals surface area contributed by atoms with Crippen molar-refractivity contribution >= 4 is 17.9 Å². The number of carbonyl (C=O) groups is 3. The van der Waals surface area contributed by atoms with Gasteiger partial charge in [-0.2, -0.15) is 0 Å². The molecule has 0 saturated heterocycles. The first-order chi connectivity index (χ1) is 31.0. The number of unbranched alkanes of at least 4 members (excludes halogenated alkanes) is 33. The van der Waals surface area contributed by atoms with Gasteiger partial charge in [-0.05, 0) is 57.8 Å². The van der Waals surface area contributed by atoms with Crippen molar-refractivity contribution in [2.45, 2.75) is 297 Å². The fourth-order valence-electron chi connectivity index (χ4n) is 7.98. The lowest BCUT2D eigenvalue weighted by molar-refractivity contribution is -0.167. The minimum Gasteiger partial charge on any atom is -0.462 e. The second-order valence-electron chi connectivity index (χ2n) is 18.5. The highest BCUT2D eigenvalue weighted by Crippen LogP contribution is 2.16. The summed E-state index contributed by atoms with van der Waals surface area (Å²) in [5.41, 5.74) is 0. The average Bonchev–Trinajstić information content (AvgIpc) is 3.28. The molecule has 6 nitrogen and oxygen atoms in total. The largest absolute Gasteiger partial charge is 0.462 e. The molecule has 1 unspecified atom stereocenters. The van der Waals surface area contributed by atoms with Crippen LogP contribution in [-0.2, 0) is 28.6 Å². The van der Waals surface area contributed by atoms with Crippen LogP contribution >= 0.6 is 0 Å². The van der Waals surface area contributed by atoms with Crippen molar-refractivity contribution in [2.75, 3.05) is 13.2 Å². The Morgan fingerprint density at radius 3 is 0.889 bits per heavy atom. The topological polar surface area (TPSA) is 78.9 Å². The van der Waals surface area contributed by atoms with Crippen LogP contribution < -0.4 is 0 Å². The highest BCUT2D eigenvalue weighted by Gasteiger charge is 2.19. The van der Waals surface area contributed by atoms with E-state index in [1.807, 2.05) is 0 Å². The number of allylic oxidation sites excluding steroid dienone is 6. The van der Waals surface area contributed by atoms with Crippen molar-refractivity contribution in [3.8, 4) is 0 Å². The van der Waals surface area contributed by atoms with Crippen molar-refractivity contribution < 1.29 is 28.6 Å². The predicted octanol–water partition coefficient (Wildman–Crippen LogP) is 18.1. The van der Waals surface area contributed by atoms with Gasteiger partial charge in [-0.3, -0.25) is 14.4 Å². The molecule has 0 rings (SSSR count). The summed E-state index contributed by atoms with van der Waals surface area (Å²) in [5.74, 6) is -0.867. The van der Waals surface area contributed by atoms with Gasteiger partial charge in [0.1, 0.15) is 13.2 Å². The van der Waals surface area contributed by atoms with E-state index >= 15 is 0 Å². The van der Waals surface area contributed by atoms with Crippen LogP contribution in [0.15, 0.2) is 36.5 Å². The van der Waals surface area contributed by atoms with E-state index in [4.69, 9.17) is 14.2 Å². The highest BCUT2D eigenvalue weighted by atomic mass is 16.6. The summed E-state index contributed by atoms with van der Waals surface area (Å²) < 4.78 is 16.7. The maximum Gasteiger partial charge on any atom is 0.306 e. The molecule has 0 aliphatic heterocycles. The van der Waals surface area contributed by atoms with E-state index in [1.54, 1.807) is 0 Å². The molecule has 0 aromatic rings. The molecule has 0 radical (unpaired) electrons. The Balaban J connectivity index is 4.06. The Hall–Kier alpha value is -2.37. The van der Waals surface area contributed by atoms with Gasteiger partial charge in [-0.15, -0.1) is 0 Å². The van der Waals surface area contributed by atoms with E-state index in [0.717, 1.165) is 70.6 Å². The van der Waals surface area contributed by atoms with Gasteiger partial charge in [0.25, 0.3) is 0 Å². The average molecular weight is 885 g/mol. The fraction of sp³-hybridized carbons (Fsp3) is 0.842. The normalized spacial score (nSPS) is 12.2. The number of hydrogen-bond donors (Lipinski definition) is 0. The third-order valence-electron chi connectivity index (χ3n) is 12.1. The van der Waals surface area contributed by atoms with E-state index in [0.29, 0.717) is 19.3 Å². The molecule has 0 spiro atoms. The summed E-state index contributed by atoms with van der Waals surface area (Å²) in [5, 5.41) is 0. The molecule has 0 saturated carbocycles. The summed E-state index contributed by atoms with van der Waals surface area (Å²) in [4.78, 5) is 37.8. The van der Waals surface area contributed by atoms with Crippen LogP contribution in [0.4, 0.5) is 0 Å². The van der Waals surface area contributed by atoms with Gasteiger partial charge in [0.2, 0.25) is 0 Å². The third kappa shape index (κ3) is 50.5. The third-order valence-corrected chi connectivity index (χ3v) is 12.1. The van der Waals surface area contributed by atoms with Crippen LogP contribution in [0.2, 0.25) is 0 Å². The SMILES string of the molecule is CCCCCCC/C=C\C/C=C\C/C=C\CCCCCCCCCCCCCCC(=O)OCC(COC(=O)CCCCCCCCC)OC(=O)CCCCCCCCCCCCC. The van der Waals surface area contributed by atoms with Crippen LogP contribution in [0.3, 0.4) is 0 Å². The molecule has 0 N–H and O–H groups in total. The number of carbonyl (C=O) groups excluding carboxylic acids is 3. The number of esters is 3. The molecule has 0 bridgehead atoms. The molecule has 0 aromatic carbocycles. The van der Waals surface area contributed by atoms with Gasteiger partial charge in [0.05, 0.1) is 0 Å². The zero-order chi connectivity index (χ0) is 45.8. The number of ether oxygens (including phenoxy) is 3. The van der Waals surface area contributed by atoms with Gasteiger partial charge in [0.15, 0.2) is 6.10 Å². The first-order valence-electron chi connectivity index (χ1n) is 27.5. The molecule has 0 amide bonds. The molecule has 6 heteroatoms. The van der Waals surface area contributed by atoms with Gasteiger partial charge in [-0.1, -0.05) is 250 Å². The first-order valence-corrected chi connectivity index (χ1v) is 27.5. The minimum atomic E-state index is -0.765. The Kier molecular flexibility index (Phi) is 50.3. The predicted molar refractivity (Wildman–Crippen MR) is 270 cm³/mol. The standard InChI is InChI=1S/C57H104O6/c1-4-7-10-13-16-18-20-21-22-23-24-25-26-27-28-29-30-31-32-33-34-35-37-38-41-44-47-50-56(59)62-53-54(52-61-55(58)49-46-43-40-15-12-9-6-3)63-57(60)51-48-45-42-39-36-19-17-14-11-8-5-2/h20-21,23-24,26-27,54H,4-19,22,25,28-53H2,1-3H3/b21-20-,24-23-,27-26-. The van der Waals surface area contributed by atoms with E-state index in [1.165, 1.54) is 180 Å². The van der Waals surface area contributed by atoms with Crippen LogP contribution in [0.1, 0.15) is 290 Å². The lowest BCUT2D eigenvalue weighted by atomic mass is 10.0. The lowest BCUT2D eigenvalue weighted by Gasteiger charge is -2.18. The van der Waals surface area contributed by atoms with Gasteiger partial charge < -0.3 is 14.2 Å². The van der Waals surface area contributed by atoms with Crippen molar-refractivity contribution in [3.63, 3.8) is 0 Å². The second kappa shape index (κ2) is 52.3. The van der Waals surface area contributed by atoms with Gasteiger partial charge in [-0.25, -0.2) is 0 Å². The summed E-state index contributed by atoms with van der Waals surface area (Å²) in [6, 6.07) is 0. The van der Waals surface area contributed by atoms with Crippen molar-refractivity contribution in [1.29, 1.82) is 0 Å². The second-order valence-corrected chi connectivity index (χ2v) is 18.5. The first kappa shape index (κ1) is 60.6. The molecule has 0 heterocycles. The zero-order valence-electron chi connectivity index (χ0n) is 42.1. The quantitative estimate of drug-likeness (QED) is 0.0262. The molecule has 1 atom stereocenters. The van der Waals surface area contributed by atoms with Gasteiger partial charge in [0, 0.05) is 19.3 Å². The molecule has 0 aliphatic rings. The Morgan fingerprint density at radius 2 is 0.571 bits per heavy atom. The maximum absolute atomic E-state index is 12.7. The fourth-order valence-corrected chi connectivity index (χ4v) is 7.98. The van der Waals surface area contributed by atoms with E-state index in [-0.39, 0.29) is 31.1 Å². The number of hydrogen-bond acceptors (Lipinski definition) is 6. The molecular weight excluding hydrogens is 781 g/mol. The van der Waals surface area contributed by atoms with Crippen LogP contribution in [0.25, 0.3) is 0 Å². The summed E-state index contributed by atoms with van der Waals surface area (Å²) >= 11 is 0. The summed E-state index contributed by atoms with van der Waals surface area (Å²) in [6.07, 6.45) is 61.6. The van der Waals surface area contributed by atoms with E-state index in [2.05, 4.69) is 57.2 Å². The van der Waals surface area contributed by atoms with E-state index in [9.17, 15) is 14.4 Å². The monoisotopic (exact) mass is 885 g/mol. The minimum absolute atomic E-state index is 0.0689. The molecule has 0 fully saturated rings. The van der Waals surface area contributed by atoms with Crippen LogP contribution in [-0.4, -0.2) is 37.2 Å². The molecule has 63 heavy (non-hydrogen) atoms. The molecule has 368 valence electrons. The summed E-state index contributed by atoms with van der Waals surface area (Å²) in [6.45, 7) is 6.60. The Labute approximate surface area is 391 Å². The van der Waals surface area contributed by atoms with Crippen molar-refractivity contribution in [3.05, 3.63) is 36.5 Å².